The first kappa shape index (κ1) is 24.4. The Morgan fingerprint density at radius 3 is 2.68 bits per heavy atom. The summed E-state index contributed by atoms with van der Waals surface area (Å²) in [6.45, 7) is 17.4. The Labute approximate surface area is 201 Å². The average molecular weight is 473 g/mol. The Bertz CT molecular complexity index is 943. The van der Waals surface area contributed by atoms with Gasteiger partial charge in [-0.25, -0.2) is 16.4 Å². The van der Waals surface area contributed by atoms with E-state index in [2.05, 4.69) is 26.7 Å². The molecule has 11 heteroatoms. The highest BCUT2D eigenvalue weighted by atomic mass is 16.6. The largest absolute Gasteiger partial charge is 0.462 e. The normalized spacial score (nSPS) is 23.6. The van der Waals surface area contributed by atoms with E-state index in [1.807, 2.05) is 20.8 Å². The second-order valence-electron chi connectivity index (χ2n) is 10.4. The summed E-state index contributed by atoms with van der Waals surface area (Å²) in [6.07, 6.45) is 1.89. The Morgan fingerprint density at radius 1 is 1.21 bits per heavy atom. The van der Waals surface area contributed by atoms with Crippen molar-refractivity contribution in [2.24, 2.45) is 5.84 Å². The van der Waals surface area contributed by atoms with E-state index < -0.39 is 5.60 Å². The SMILES string of the molecule is [C-]#[N+]CC1CN(c2nc(OCC3CCCN3C)nc3c2CN(C(=O)OC(C)(C)C)C3)CCN1N. The minimum absolute atomic E-state index is 0.0864. The molecule has 0 radical (unpaired) electrons. The van der Waals surface area contributed by atoms with Crippen LogP contribution < -0.4 is 15.5 Å². The number of anilines is 1. The molecule has 186 valence electrons. The predicted octanol–water partition coefficient (Wildman–Crippen LogP) is 1.48. The zero-order chi connectivity index (χ0) is 24.5. The molecule has 11 nitrogen and oxygen atoms in total. The van der Waals surface area contributed by atoms with Crippen LogP contribution in [0.1, 0.15) is 44.9 Å². The quantitative estimate of drug-likeness (QED) is 0.504. The van der Waals surface area contributed by atoms with E-state index in [0.717, 1.165) is 36.5 Å². The average Bonchev–Trinajstić information content (AvgIpc) is 3.38. The first-order chi connectivity index (χ1) is 16.1. The summed E-state index contributed by atoms with van der Waals surface area (Å²) in [5, 5.41) is 1.73. The van der Waals surface area contributed by atoms with Gasteiger partial charge in [-0.2, -0.15) is 9.97 Å². The number of rotatable bonds is 5. The molecule has 4 rings (SSSR count). The number of likely N-dealkylation sites (tertiary alicyclic amines) is 1. The molecule has 0 bridgehead atoms. The van der Waals surface area contributed by atoms with Gasteiger partial charge in [-0.15, -0.1) is 0 Å². The summed E-state index contributed by atoms with van der Waals surface area (Å²) in [4.78, 5) is 31.9. The van der Waals surface area contributed by atoms with Gasteiger partial charge in [-0.3, -0.25) is 10.7 Å². The summed E-state index contributed by atoms with van der Waals surface area (Å²) < 4.78 is 11.7. The number of carbonyl (C=O) groups is 1. The van der Waals surface area contributed by atoms with Gasteiger partial charge in [0.05, 0.1) is 18.8 Å². The second-order valence-corrected chi connectivity index (χ2v) is 10.4. The van der Waals surface area contributed by atoms with Crippen molar-refractivity contribution in [3.8, 4) is 6.01 Å². The third-order valence-corrected chi connectivity index (χ3v) is 6.60. The number of amides is 1. The van der Waals surface area contributed by atoms with Crippen LogP contribution in [0, 0.1) is 6.57 Å². The molecule has 2 N–H and O–H groups in total. The number of aromatic nitrogens is 2. The molecule has 0 saturated carbocycles. The molecular weight excluding hydrogens is 436 g/mol. The fourth-order valence-corrected chi connectivity index (χ4v) is 4.69. The molecular formula is C23H36N8O3. The number of fused-ring (bicyclic) bond motifs is 1. The number of carbonyl (C=O) groups excluding carboxylic acids is 1. The summed E-state index contributed by atoms with van der Waals surface area (Å²) in [5.74, 6) is 6.89. The van der Waals surface area contributed by atoms with E-state index in [-0.39, 0.29) is 12.1 Å². The summed E-state index contributed by atoms with van der Waals surface area (Å²) in [5.41, 5.74) is 1.11. The monoisotopic (exact) mass is 472 g/mol. The van der Waals surface area contributed by atoms with Crippen molar-refractivity contribution in [2.75, 3.05) is 51.3 Å². The zero-order valence-electron chi connectivity index (χ0n) is 20.7. The number of likely N-dealkylation sites (N-methyl/N-ethyl adjacent to an activating group) is 1. The molecule has 2 saturated heterocycles. The maximum absolute atomic E-state index is 12.8. The van der Waals surface area contributed by atoms with Crippen LogP contribution in [0.4, 0.5) is 10.6 Å². The maximum Gasteiger partial charge on any atom is 0.410 e. The third-order valence-electron chi connectivity index (χ3n) is 6.60. The van der Waals surface area contributed by atoms with Gasteiger partial charge in [0.25, 0.3) is 0 Å². The highest BCUT2D eigenvalue weighted by Gasteiger charge is 2.36. The molecule has 1 aromatic rings. The standard InChI is InChI=1S/C23H36N8O3/c1-23(2,3)34-22(32)30-13-18-19(14-30)26-21(33-15-16-7-6-8-28(16)5)27-20(18)29-9-10-31(24)17(12-29)11-25-4/h16-17H,6-15,24H2,1-3,5H3. The smallest absolute Gasteiger partial charge is 0.410 e. The van der Waals surface area contributed by atoms with Crippen LogP contribution >= 0.6 is 0 Å². The van der Waals surface area contributed by atoms with Gasteiger partial charge in [0, 0.05) is 31.2 Å². The molecule has 0 aromatic carbocycles. The summed E-state index contributed by atoms with van der Waals surface area (Å²) in [6, 6.07) is 0.594. The minimum atomic E-state index is -0.577. The molecule has 2 unspecified atom stereocenters. The van der Waals surface area contributed by atoms with Crippen molar-refractivity contribution < 1.29 is 14.3 Å². The molecule has 0 spiro atoms. The Morgan fingerprint density at radius 2 is 2.00 bits per heavy atom. The lowest BCUT2D eigenvalue weighted by atomic mass is 10.1. The van der Waals surface area contributed by atoms with Crippen LogP contribution in [0.25, 0.3) is 4.85 Å². The van der Waals surface area contributed by atoms with E-state index in [1.165, 1.54) is 0 Å². The molecule has 34 heavy (non-hydrogen) atoms. The van der Waals surface area contributed by atoms with Gasteiger partial charge in [-0.1, -0.05) is 0 Å². The molecule has 3 aliphatic rings. The Kier molecular flexibility index (Phi) is 7.12. The molecule has 3 aliphatic heterocycles. The van der Waals surface area contributed by atoms with E-state index >= 15 is 0 Å². The van der Waals surface area contributed by atoms with Gasteiger partial charge in [0.15, 0.2) is 0 Å². The minimum Gasteiger partial charge on any atom is -0.462 e. The number of nitrogens with zero attached hydrogens (tertiary/aromatic N) is 7. The van der Waals surface area contributed by atoms with Crippen LogP contribution in [0.2, 0.25) is 0 Å². The molecule has 2 fully saturated rings. The molecule has 4 heterocycles. The number of nitrogens with two attached hydrogens (primary N) is 1. The first-order valence-electron chi connectivity index (χ1n) is 11.9. The highest BCUT2D eigenvalue weighted by Crippen LogP contribution is 2.33. The predicted molar refractivity (Wildman–Crippen MR) is 127 cm³/mol. The summed E-state index contributed by atoms with van der Waals surface area (Å²) >= 11 is 0. The summed E-state index contributed by atoms with van der Waals surface area (Å²) in [7, 11) is 2.11. The number of hydrogen-bond donors (Lipinski definition) is 1. The van der Waals surface area contributed by atoms with Crippen molar-refractivity contribution in [3.05, 3.63) is 22.7 Å². The topological polar surface area (TPSA) is 105 Å². The second kappa shape index (κ2) is 9.90. The van der Waals surface area contributed by atoms with Crippen LogP contribution in [0.5, 0.6) is 6.01 Å². The molecule has 1 amide bonds. The Hall–Kier alpha value is -2.68. The third kappa shape index (κ3) is 5.51. The van der Waals surface area contributed by atoms with Crippen molar-refractivity contribution in [3.63, 3.8) is 0 Å². The lowest BCUT2D eigenvalue weighted by molar-refractivity contribution is 0.0240. The highest BCUT2D eigenvalue weighted by molar-refractivity contribution is 5.70. The zero-order valence-corrected chi connectivity index (χ0v) is 20.7. The number of hydrazine groups is 1. The van der Waals surface area contributed by atoms with Gasteiger partial charge >= 0.3 is 12.1 Å². The van der Waals surface area contributed by atoms with Gasteiger partial charge in [-0.05, 0) is 47.2 Å². The fraction of sp³-hybridized carbons (Fsp3) is 0.739. The van der Waals surface area contributed by atoms with Gasteiger partial charge in [0.2, 0.25) is 6.54 Å². The van der Waals surface area contributed by atoms with E-state index in [0.29, 0.717) is 57.9 Å². The van der Waals surface area contributed by atoms with Crippen molar-refractivity contribution in [1.82, 2.24) is 24.8 Å². The lowest BCUT2D eigenvalue weighted by Gasteiger charge is -2.37. The van der Waals surface area contributed by atoms with Crippen LogP contribution in [0.15, 0.2) is 0 Å². The van der Waals surface area contributed by atoms with E-state index in [4.69, 9.17) is 26.9 Å². The van der Waals surface area contributed by atoms with Crippen LogP contribution in [-0.4, -0.2) is 94.9 Å². The fourth-order valence-electron chi connectivity index (χ4n) is 4.69. The van der Waals surface area contributed by atoms with E-state index in [1.54, 1.807) is 9.91 Å². The van der Waals surface area contributed by atoms with Crippen LogP contribution in [0.3, 0.4) is 0 Å². The van der Waals surface area contributed by atoms with E-state index in [9.17, 15) is 4.79 Å². The first-order valence-corrected chi connectivity index (χ1v) is 11.9. The molecule has 2 atom stereocenters. The number of hydrogen-bond acceptors (Lipinski definition) is 9. The lowest BCUT2D eigenvalue weighted by Crippen LogP contribution is -2.57. The maximum atomic E-state index is 12.8. The van der Waals surface area contributed by atoms with Gasteiger partial charge in [0.1, 0.15) is 24.1 Å². The van der Waals surface area contributed by atoms with Crippen molar-refractivity contribution in [2.45, 2.75) is 64.4 Å². The Balaban J connectivity index is 1.58. The number of ether oxygens (including phenoxy) is 2. The molecule has 1 aromatic heterocycles. The van der Waals surface area contributed by atoms with Gasteiger partial charge < -0.3 is 24.1 Å². The van der Waals surface area contributed by atoms with Crippen LogP contribution in [-0.2, 0) is 17.8 Å². The van der Waals surface area contributed by atoms with Crippen molar-refractivity contribution in [1.29, 1.82) is 0 Å². The van der Waals surface area contributed by atoms with Crippen molar-refractivity contribution >= 4 is 11.9 Å². The molecule has 0 aliphatic carbocycles. The number of piperazine rings is 1.